The van der Waals surface area contributed by atoms with Crippen LogP contribution in [-0.4, -0.2) is 11.8 Å². The predicted molar refractivity (Wildman–Crippen MR) is 113 cm³/mol. The van der Waals surface area contributed by atoms with E-state index in [9.17, 15) is 9.59 Å². The van der Waals surface area contributed by atoms with E-state index in [2.05, 4.69) is 10.6 Å². The normalized spacial score (nSPS) is 11.8. The van der Waals surface area contributed by atoms with E-state index in [1.807, 2.05) is 67.6 Å². The Labute approximate surface area is 164 Å². The summed E-state index contributed by atoms with van der Waals surface area (Å²) < 4.78 is 0. The van der Waals surface area contributed by atoms with Gasteiger partial charge in [-0.2, -0.15) is 0 Å². The van der Waals surface area contributed by atoms with Crippen molar-refractivity contribution < 1.29 is 9.59 Å². The number of anilines is 1. The second-order valence-corrected chi connectivity index (χ2v) is 6.42. The minimum atomic E-state index is -0.223. The summed E-state index contributed by atoms with van der Waals surface area (Å²) in [6.45, 7) is 1.95. The summed E-state index contributed by atoms with van der Waals surface area (Å²) in [6.07, 6.45) is 3.24. The van der Waals surface area contributed by atoms with Gasteiger partial charge in [0.2, 0.25) is 5.91 Å². The Kier molecular flexibility index (Phi) is 6.37. The lowest BCUT2D eigenvalue weighted by Crippen LogP contribution is -2.26. The topological polar surface area (TPSA) is 58.2 Å². The van der Waals surface area contributed by atoms with Crippen LogP contribution in [0.25, 0.3) is 6.08 Å². The van der Waals surface area contributed by atoms with E-state index in [0.717, 1.165) is 11.1 Å². The van der Waals surface area contributed by atoms with Crippen LogP contribution in [-0.2, 0) is 4.79 Å². The van der Waals surface area contributed by atoms with Crippen LogP contribution in [0.1, 0.15) is 34.5 Å². The van der Waals surface area contributed by atoms with Gasteiger partial charge in [-0.25, -0.2) is 0 Å². The average molecular weight is 370 g/mol. The van der Waals surface area contributed by atoms with Crippen molar-refractivity contribution in [1.82, 2.24) is 5.32 Å². The molecule has 0 heterocycles. The van der Waals surface area contributed by atoms with Crippen LogP contribution in [0, 0.1) is 0 Å². The minimum Gasteiger partial charge on any atom is -0.346 e. The molecular formula is C24H22N2O2. The Morgan fingerprint density at radius 2 is 1.43 bits per heavy atom. The zero-order valence-electron chi connectivity index (χ0n) is 15.6. The third kappa shape index (κ3) is 5.42. The molecule has 0 aromatic heterocycles. The van der Waals surface area contributed by atoms with Gasteiger partial charge in [0.1, 0.15) is 0 Å². The Morgan fingerprint density at radius 1 is 0.821 bits per heavy atom. The molecule has 0 aliphatic rings. The third-order valence-electron chi connectivity index (χ3n) is 4.29. The van der Waals surface area contributed by atoms with Crippen molar-refractivity contribution in [2.24, 2.45) is 0 Å². The number of carbonyl (C=O) groups is 2. The summed E-state index contributed by atoms with van der Waals surface area (Å²) in [5.74, 6) is -0.378. The first-order valence-electron chi connectivity index (χ1n) is 9.12. The molecule has 3 aromatic carbocycles. The van der Waals surface area contributed by atoms with Gasteiger partial charge in [-0.3, -0.25) is 9.59 Å². The second kappa shape index (κ2) is 9.33. The van der Waals surface area contributed by atoms with Crippen molar-refractivity contribution in [3.63, 3.8) is 0 Å². The van der Waals surface area contributed by atoms with E-state index in [0.29, 0.717) is 11.3 Å². The Hall–Kier alpha value is -3.66. The van der Waals surface area contributed by atoms with Gasteiger partial charge in [0.05, 0.1) is 6.04 Å². The fraction of sp³-hybridized carbons (Fsp3) is 0.0833. The van der Waals surface area contributed by atoms with Crippen LogP contribution in [0.2, 0.25) is 0 Å². The van der Waals surface area contributed by atoms with E-state index in [1.165, 1.54) is 6.08 Å². The zero-order valence-corrected chi connectivity index (χ0v) is 15.6. The predicted octanol–water partition coefficient (Wildman–Crippen LogP) is 4.83. The molecule has 0 bridgehead atoms. The summed E-state index contributed by atoms with van der Waals surface area (Å²) in [5, 5.41) is 5.76. The minimum absolute atomic E-state index is 0.0868. The van der Waals surface area contributed by atoms with Gasteiger partial charge in [-0.15, -0.1) is 0 Å². The molecule has 2 amide bonds. The molecule has 28 heavy (non-hydrogen) atoms. The molecule has 3 rings (SSSR count). The first kappa shape index (κ1) is 19.1. The van der Waals surface area contributed by atoms with E-state index < -0.39 is 0 Å². The van der Waals surface area contributed by atoms with Crippen molar-refractivity contribution in [3.05, 3.63) is 108 Å². The molecule has 0 saturated heterocycles. The van der Waals surface area contributed by atoms with Crippen molar-refractivity contribution in [2.45, 2.75) is 13.0 Å². The molecular weight excluding hydrogens is 348 g/mol. The summed E-state index contributed by atoms with van der Waals surface area (Å²) in [5.41, 5.74) is 3.18. The van der Waals surface area contributed by atoms with Crippen LogP contribution < -0.4 is 10.6 Å². The highest BCUT2D eigenvalue weighted by Gasteiger charge is 2.11. The molecule has 140 valence electrons. The standard InChI is InChI=1S/C24H22N2O2/c1-18(20-10-6-3-7-11-20)25-24(28)21-13-15-22(16-14-21)26-23(27)17-12-19-8-4-2-5-9-19/h2-18H,1H3,(H,25,28)(H,26,27)/b17-12+. The molecule has 0 spiro atoms. The quantitative estimate of drug-likeness (QED) is 0.611. The molecule has 1 atom stereocenters. The van der Waals surface area contributed by atoms with E-state index >= 15 is 0 Å². The number of hydrogen-bond donors (Lipinski definition) is 2. The van der Waals surface area contributed by atoms with Gasteiger partial charge >= 0.3 is 0 Å². The number of carbonyl (C=O) groups excluding carboxylic acids is 2. The molecule has 1 unspecified atom stereocenters. The number of rotatable bonds is 6. The molecule has 0 fully saturated rings. The van der Waals surface area contributed by atoms with E-state index in [4.69, 9.17) is 0 Å². The molecule has 2 N–H and O–H groups in total. The van der Waals surface area contributed by atoms with E-state index in [-0.39, 0.29) is 17.9 Å². The lowest BCUT2D eigenvalue weighted by Gasteiger charge is -2.14. The summed E-state index contributed by atoms with van der Waals surface area (Å²) >= 11 is 0. The van der Waals surface area contributed by atoms with Gasteiger partial charge in [0.25, 0.3) is 5.91 Å². The Balaban J connectivity index is 1.56. The molecule has 4 heteroatoms. The fourth-order valence-corrected chi connectivity index (χ4v) is 2.73. The maximum Gasteiger partial charge on any atom is 0.251 e. The lowest BCUT2D eigenvalue weighted by atomic mass is 10.1. The smallest absolute Gasteiger partial charge is 0.251 e. The number of nitrogens with one attached hydrogen (secondary N) is 2. The van der Waals surface area contributed by atoms with Crippen molar-refractivity contribution in [2.75, 3.05) is 5.32 Å². The highest BCUT2D eigenvalue weighted by molar-refractivity contribution is 6.02. The molecule has 3 aromatic rings. The van der Waals surface area contributed by atoms with Crippen LogP contribution in [0.5, 0.6) is 0 Å². The highest BCUT2D eigenvalue weighted by Crippen LogP contribution is 2.14. The lowest BCUT2D eigenvalue weighted by molar-refractivity contribution is -0.111. The largest absolute Gasteiger partial charge is 0.346 e. The van der Waals surface area contributed by atoms with Gasteiger partial charge in [-0.05, 0) is 48.4 Å². The summed E-state index contributed by atoms with van der Waals surface area (Å²) in [6, 6.07) is 26.1. The van der Waals surface area contributed by atoms with E-state index in [1.54, 1.807) is 30.3 Å². The number of amides is 2. The first-order chi connectivity index (χ1) is 13.6. The number of benzene rings is 3. The van der Waals surface area contributed by atoms with Crippen molar-refractivity contribution in [1.29, 1.82) is 0 Å². The van der Waals surface area contributed by atoms with Crippen molar-refractivity contribution >= 4 is 23.6 Å². The summed E-state index contributed by atoms with van der Waals surface area (Å²) in [4.78, 5) is 24.4. The summed E-state index contributed by atoms with van der Waals surface area (Å²) in [7, 11) is 0. The van der Waals surface area contributed by atoms with Gasteiger partial charge < -0.3 is 10.6 Å². The van der Waals surface area contributed by atoms with Gasteiger partial charge in [0, 0.05) is 17.3 Å². The molecule has 0 aliphatic heterocycles. The van der Waals surface area contributed by atoms with Crippen molar-refractivity contribution in [3.8, 4) is 0 Å². The first-order valence-corrected chi connectivity index (χ1v) is 9.12. The maximum absolute atomic E-state index is 12.4. The SMILES string of the molecule is CC(NC(=O)c1ccc(NC(=O)/C=C/c2ccccc2)cc1)c1ccccc1. The van der Waals surface area contributed by atoms with Gasteiger partial charge in [-0.1, -0.05) is 60.7 Å². The molecule has 4 nitrogen and oxygen atoms in total. The van der Waals surface area contributed by atoms with Crippen LogP contribution in [0.4, 0.5) is 5.69 Å². The maximum atomic E-state index is 12.4. The highest BCUT2D eigenvalue weighted by atomic mass is 16.2. The second-order valence-electron chi connectivity index (χ2n) is 6.42. The van der Waals surface area contributed by atoms with Crippen LogP contribution in [0.3, 0.4) is 0 Å². The van der Waals surface area contributed by atoms with Gasteiger partial charge in [0.15, 0.2) is 0 Å². The molecule has 0 radical (unpaired) electrons. The monoisotopic (exact) mass is 370 g/mol. The molecule has 0 aliphatic carbocycles. The number of hydrogen-bond acceptors (Lipinski definition) is 2. The van der Waals surface area contributed by atoms with Crippen LogP contribution >= 0.6 is 0 Å². The fourth-order valence-electron chi connectivity index (χ4n) is 2.73. The molecule has 0 saturated carbocycles. The zero-order chi connectivity index (χ0) is 19.8. The Bertz CT molecular complexity index is 949. The Morgan fingerprint density at radius 3 is 2.07 bits per heavy atom. The average Bonchev–Trinajstić information content (AvgIpc) is 2.74. The van der Waals surface area contributed by atoms with Crippen LogP contribution in [0.15, 0.2) is 91.0 Å². The third-order valence-corrected chi connectivity index (χ3v) is 4.29.